The molecule has 1 saturated heterocycles. The minimum atomic E-state index is -0.679. The highest BCUT2D eigenvalue weighted by atomic mass is 79.9. The van der Waals surface area contributed by atoms with Crippen LogP contribution in [0, 0.1) is 0 Å². The number of hydrogen-bond donors (Lipinski definition) is 0. The van der Waals surface area contributed by atoms with E-state index in [-0.39, 0.29) is 17.8 Å². The molecule has 0 radical (unpaired) electrons. The molecule has 1 unspecified atom stereocenters. The van der Waals surface area contributed by atoms with Crippen molar-refractivity contribution >= 4 is 44.7 Å². The quantitative estimate of drug-likeness (QED) is 0.461. The number of amides is 1. The molecule has 2 aliphatic rings. The number of ether oxygens (including phenoxy) is 3. The molecule has 2 heterocycles. The van der Waals surface area contributed by atoms with Crippen LogP contribution in [0.2, 0.25) is 0 Å². The minimum absolute atomic E-state index is 0.0965. The van der Waals surface area contributed by atoms with Crippen molar-refractivity contribution < 1.29 is 23.8 Å². The van der Waals surface area contributed by atoms with Gasteiger partial charge in [-0.15, -0.1) is 0 Å². The Morgan fingerprint density at radius 2 is 1.82 bits per heavy atom. The topological polar surface area (TPSA) is 77.4 Å². The molecule has 0 N–H and O–H groups in total. The first-order chi connectivity index (χ1) is 16.4. The third-order valence-corrected chi connectivity index (χ3v) is 7.38. The molecule has 2 atom stereocenters. The number of allylic oxidation sites excluding steroid dienone is 1. The molecule has 1 fully saturated rings. The first-order valence-corrected chi connectivity index (χ1v) is 12.5. The number of thioether (sulfide) groups is 1. The van der Waals surface area contributed by atoms with Gasteiger partial charge in [-0.3, -0.25) is 9.69 Å². The second-order valence-electron chi connectivity index (χ2n) is 7.78. The summed E-state index contributed by atoms with van der Waals surface area (Å²) < 4.78 is 17.2. The van der Waals surface area contributed by atoms with E-state index >= 15 is 0 Å². The number of hydrogen-bond acceptors (Lipinski definition) is 7. The van der Waals surface area contributed by atoms with Crippen LogP contribution < -0.4 is 9.47 Å². The lowest BCUT2D eigenvalue weighted by Gasteiger charge is -2.33. The van der Waals surface area contributed by atoms with Crippen molar-refractivity contribution in [2.24, 2.45) is 4.99 Å². The largest absolute Gasteiger partial charge is 0.493 e. The van der Waals surface area contributed by atoms with Crippen molar-refractivity contribution in [2.75, 3.05) is 20.8 Å². The Morgan fingerprint density at radius 3 is 2.47 bits per heavy atom. The molecule has 0 bridgehead atoms. The van der Waals surface area contributed by atoms with Crippen molar-refractivity contribution in [1.82, 2.24) is 4.90 Å². The van der Waals surface area contributed by atoms with Crippen molar-refractivity contribution in [3.05, 3.63) is 69.3 Å². The maximum absolute atomic E-state index is 13.7. The summed E-state index contributed by atoms with van der Waals surface area (Å²) >= 11 is 4.87. The Labute approximate surface area is 211 Å². The third-order valence-electron chi connectivity index (χ3n) is 5.70. The lowest BCUT2D eigenvalue weighted by Crippen LogP contribution is -2.41. The van der Waals surface area contributed by atoms with Gasteiger partial charge in [-0.25, -0.2) is 9.79 Å². The smallest absolute Gasteiger partial charge is 0.338 e. The Morgan fingerprint density at radius 1 is 1.12 bits per heavy atom. The SMILES string of the molecule is CCOC(=O)C1=C(C)N=C2S[C@H](Cc3ccc(Br)cc3)C(=O)N2C1c1ccc(OC)c(OC)c1. The van der Waals surface area contributed by atoms with Crippen molar-refractivity contribution in [3.63, 3.8) is 0 Å². The second-order valence-corrected chi connectivity index (χ2v) is 9.86. The normalized spacial score (nSPS) is 19.6. The summed E-state index contributed by atoms with van der Waals surface area (Å²) in [6, 6.07) is 12.6. The molecule has 9 heteroatoms. The van der Waals surface area contributed by atoms with Crippen molar-refractivity contribution in [3.8, 4) is 11.5 Å². The number of halogens is 1. The lowest BCUT2D eigenvalue weighted by molar-refractivity contribution is -0.139. The van der Waals surface area contributed by atoms with Gasteiger partial charge in [-0.1, -0.05) is 45.9 Å². The van der Waals surface area contributed by atoms with E-state index in [2.05, 4.69) is 20.9 Å². The number of carbonyl (C=O) groups is 2. The van der Waals surface area contributed by atoms with Gasteiger partial charge in [-0.05, 0) is 55.7 Å². The van der Waals surface area contributed by atoms with Crippen molar-refractivity contribution in [1.29, 1.82) is 0 Å². The van der Waals surface area contributed by atoms with Crippen LogP contribution >= 0.6 is 27.7 Å². The fourth-order valence-electron chi connectivity index (χ4n) is 4.10. The predicted octanol–water partition coefficient (Wildman–Crippen LogP) is 4.90. The van der Waals surface area contributed by atoms with Gasteiger partial charge in [-0.2, -0.15) is 0 Å². The Hall–Kier alpha value is -2.78. The standard InChI is InChI=1S/C25H25BrN2O5S/c1-5-33-24(30)21-14(2)27-25-28(22(21)16-8-11-18(31-3)19(13-16)32-4)23(29)20(34-25)12-15-6-9-17(26)10-7-15/h6-11,13,20,22H,5,12H2,1-4H3/t20-,22?/m1/s1. The van der Waals surface area contributed by atoms with Crippen LogP contribution in [0.15, 0.2) is 63.2 Å². The van der Waals surface area contributed by atoms with E-state index in [1.54, 1.807) is 45.1 Å². The summed E-state index contributed by atoms with van der Waals surface area (Å²) in [5.41, 5.74) is 2.64. The van der Waals surface area contributed by atoms with E-state index in [1.807, 2.05) is 30.3 Å². The summed E-state index contributed by atoms with van der Waals surface area (Å²) in [6.45, 7) is 3.75. The van der Waals surface area contributed by atoms with Crippen LogP contribution in [0.3, 0.4) is 0 Å². The molecular formula is C25H25BrN2O5S. The first-order valence-electron chi connectivity index (χ1n) is 10.8. The van der Waals surface area contributed by atoms with Crippen LogP contribution in [0.5, 0.6) is 11.5 Å². The molecule has 2 aliphatic heterocycles. The number of aliphatic imine (C=N–C) groups is 1. The number of rotatable bonds is 7. The number of benzene rings is 2. The molecule has 2 aromatic carbocycles. The first kappa shape index (κ1) is 24.3. The lowest BCUT2D eigenvalue weighted by atomic mass is 9.93. The Balaban J connectivity index is 1.76. The van der Waals surface area contributed by atoms with Crippen LogP contribution in [-0.2, 0) is 20.7 Å². The molecule has 7 nitrogen and oxygen atoms in total. The van der Waals surface area contributed by atoms with Gasteiger partial charge in [0.05, 0.1) is 43.4 Å². The van der Waals surface area contributed by atoms with Gasteiger partial charge in [0.15, 0.2) is 16.7 Å². The van der Waals surface area contributed by atoms with Crippen LogP contribution in [0.25, 0.3) is 0 Å². The monoisotopic (exact) mass is 544 g/mol. The average Bonchev–Trinajstić information content (AvgIpc) is 3.13. The average molecular weight is 545 g/mol. The van der Waals surface area contributed by atoms with E-state index in [4.69, 9.17) is 14.2 Å². The highest BCUT2D eigenvalue weighted by Gasteiger charge is 2.47. The predicted molar refractivity (Wildman–Crippen MR) is 135 cm³/mol. The molecular weight excluding hydrogens is 520 g/mol. The maximum atomic E-state index is 13.7. The third kappa shape index (κ3) is 4.59. The van der Waals surface area contributed by atoms with Crippen LogP contribution in [0.1, 0.15) is 31.0 Å². The number of esters is 1. The molecule has 0 spiro atoms. The molecule has 34 heavy (non-hydrogen) atoms. The zero-order chi connectivity index (χ0) is 24.4. The van der Waals surface area contributed by atoms with E-state index in [0.29, 0.717) is 39.9 Å². The fraction of sp³-hybridized carbons (Fsp3) is 0.320. The summed E-state index contributed by atoms with van der Waals surface area (Å²) in [4.78, 5) is 33.0. The van der Waals surface area contributed by atoms with E-state index in [1.165, 1.54) is 11.8 Å². The van der Waals surface area contributed by atoms with E-state index in [9.17, 15) is 9.59 Å². The number of methoxy groups -OCH3 is 2. The van der Waals surface area contributed by atoms with Gasteiger partial charge in [0.25, 0.3) is 0 Å². The molecule has 2 aromatic rings. The van der Waals surface area contributed by atoms with Crippen molar-refractivity contribution in [2.45, 2.75) is 31.6 Å². The van der Waals surface area contributed by atoms with Gasteiger partial charge < -0.3 is 14.2 Å². The number of carbonyl (C=O) groups excluding carboxylic acids is 2. The number of fused-ring (bicyclic) bond motifs is 1. The fourth-order valence-corrected chi connectivity index (χ4v) is 5.61. The zero-order valence-corrected chi connectivity index (χ0v) is 21.7. The van der Waals surface area contributed by atoms with Gasteiger partial charge in [0, 0.05) is 4.47 Å². The summed E-state index contributed by atoms with van der Waals surface area (Å²) in [5.74, 6) is 0.484. The van der Waals surface area contributed by atoms with Crippen LogP contribution in [-0.4, -0.2) is 48.0 Å². The Bertz CT molecular complexity index is 1180. The summed E-state index contributed by atoms with van der Waals surface area (Å²) in [5, 5.41) is 0.231. The number of nitrogens with zero attached hydrogens (tertiary/aromatic N) is 2. The molecule has 4 rings (SSSR count). The molecule has 0 aromatic heterocycles. The van der Waals surface area contributed by atoms with Crippen LogP contribution in [0.4, 0.5) is 0 Å². The molecule has 178 valence electrons. The molecule has 0 aliphatic carbocycles. The summed E-state index contributed by atoms with van der Waals surface area (Å²) in [7, 11) is 3.11. The summed E-state index contributed by atoms with van der Waals surface area (Å²) in [6.07, 6.45) is 0.554. The van der Waals surface area contributed by atoms with E-state index in [0.717, 1.165) is 10.0 Å². The highest BCUT2D eigenvalue weighted by molar-refractivity contribution is 9.10. The van der Waals surface area contributed by atoms with Gasteiger partial charge >= 0.3 is 5.97 Å². The molecule has 0 saturated carbocycles. The maximum Gasteiger partial charge on any atom is 0.338 e. The van der Waals surface area contributed by atoms with Gasteiger partial charge in [0.1, 0.15) is 0 Å². The Kier molecular flexibility index (Phi) is 7.33. The van der Waals surface area contributed by atoms with Gasteiger partial charge in [0.2, 0.25) is 5.91 Å². The second kappa shape index (κ2) is 10.2. The zero-order valence-electron chi connectivity index (χ0n) is 19.3. The van der Waals surface area contributed by atoms with E-state index < -0.39 is 12.0 Å². The molecule has 1 amide bonds. The highest BCUT2D eigenvalue weighted by Crippen LogP contribution is 2.45. The minimum Gasteiger partial charge on any atom is -0.493 e. The number of amidine groups is 1.